The number of carbonyl (C=O) groups excluding carboxylic acids is 1. The summed E-state index contributed by atoms with van der Waals surface area (Å²) >= 11 is 0. The van der Waals surface area contributed by atoms with E-state index < -0.39 is 11.7 Å². The molecule has 2 N–H and O–H groups in total. The molecule has 1 heterocycles. The minimum Gasteiger partial charge on any atom is -0.388 e. The highest BCUT2D eigenvalue weighted by atomic mass is 16.5. The standard InChI is InChI=1S/C14H28N2O3/c1-4-6-14(18,7-5-2)11-15-13(17)12-10-16(3)8-9-19-12/h12,18H,4-11H2,1-3H3,(H,15,17). The third-order valence-corrected chi connectivity index (χ3v) is 3.58. The van der Waals surface area contributed by atoms with Gasteiger partial charge in [-0.05, 0) is 19.9 Å². The molecule has 0 aromatic carbocycles. The van der Waals surface area contributed by atoms with Crippen LogP contribution in [0.1, 0.15) is 39.5 Å². The third kappa shape index (κ3) is 5.47. The van der Waals surface area contributed by atoms with Crippen LogP contribution in [-0.4, -0.2) is 60.9 Å². The molecule has 5 heteroatoms. The van der Waals surface area contributed by atoms with Crippen molar-refractivity contribution in [1.82, 2.24) is 10.2 Å². The van der Waals surface area contributed by atoms with Gasteiger partial charge >= 0.3 is 0 Å². The van der Waals surface area contributed by atoms with Crippen molar-refractivity contribution in [2.24, 2.45) is 0 Å². The lowest BCUT2D eigenvalue weighted by molar-refractivity contribution is -0.139. The van der Waals surface area contributed by atoms with E-state index >= 15 is 0 Å². The van der Waals surface area contributed by atoms with Crippen molar-refractivity contribution in [3.8, 4) is 0 Å². The Hall–Kier alpha value is -0.650. The Morgan fingerprint density at radius 1 is 1.42 bits per heavy atom. The minimum absolute atomic E-state index is 0.114. The number of nitrogens with one attached hydrogen (secondary N) is 1. The average molecular weight is 272 g/mol. The predicted octanol–water partition coefficient (Wildman–Crippen LogP) is 0.765. The number of nitrogens with zero attached hydrogens (tertiary/aromatic N) is 1. The van der Waals surface area contributed by atoms with Crippen LogP contribution in [0, 0.1) is 0 Å². The average Bonchev–Trinajstić information content (AvgIpc) is 2.37. The summed E-state index contributed by atoms with van der Waals surface area (Å²) in [6, 6.07) is 0. The Bertz CT molecular complexity index is 278. The fourth-order valence-electron chi connectivity index (χ4n) is 2.53. The Kier molecular flexibility index (Phi) is 6.75. The van der Waals surface area contributed by atoms with Gasteiger partial charge in [-0.1, -0.05) is 26.7 Å². The summed E-state index contributed by atoms with van der Waals surface area (Å²) in [6.07, 6.45) is 2.84. The van der Waals surface area contributed by atoms with Gasteiger partial charge in [0.15, 0.2) is 0 Å². The molecule has 0 aliphatic carbocycles. The first kappa shape index (κ1) is 16.4. The fraction of sp³-hybridized carbons (Fsp3) is 0.929. The Labute approximate surface area is 116 Å². The van der Waals surface area contributed by atoms with Crippen LogP contribution in [0.3, 0.4) is 0 Å². The van der Waals surface area contributed by atoms with E-state index in [1.807, 2.05) is 20.9 Å². The highest BCUT2D eigenvalue weighted by molar-refractivity contribution is 5.81. The topological polar surface area (TPSA) is 61.8 Å². The zero-order valence-electron chi connectivity index (χ0n) is 12.4. The van der Waals surface area contributed by atoms with Crippen LogP contribution >= 0.6 is 0 Å². The molecule has 1 unspecified atom stereocenters. The summed E-state index contributed by atoms with van der Waals surface area (Å²) in [5.74, 6) is -0.114. The van der Waals surface area contributed by atoms with E-state index in [-0.39, 0.29) is 5.91 Å². The normalized spacial score (nSPS) is 21.4. The van der Waals surface area contributed by atoms with Gasteiger partial charge in [-0.15, -0.1) is 0 Å². The predicted molar refractivity (Wildman–Crippen MR) is 75.0 cm³/mol. The molecule has 0 saturated carbocycles. The molecule has 1 saturated heterocycles. The zero-order chi connectivity index (χ0) is 14.3. The summed E-state index contributed by atoms with van der Waals surface area (Å²) in [4.78, 5) is 14.1. The Morgan fingerprint density at radius 2 is 2.05 bits per heavy atom. The highest BCUT2D eigenvalue weighted by Crippen LogP contribution is 2.18. The maximum absolute atomic E-state index is 12.0. The first-order chi connectivity index (χ1) is 9.00. The van der Waals surface area contributed by atoms with Crippen molar-refractivity contribution in [2.75, 3.05) is 33.3 Å². The smallest absolute Gasteiger partial charge is 0.250 e. The van der Waals surface area contributed by atoms with Crippen molar-refractivity contribution >= 4 is 5.91 Å². The highest BCUT2D eigenvalue weighted by Gasteiger charge is 2.29. The largest absolute Gasteiger partial charge is 0.388 e. The van der Waals surface area contributed by atoms with Gasteiger partial charge in [0.05, 0.1) is 12.2 Å². The second kappa shape index (κ2) is 7.82. The summed E-state index contributed by atoms with van der Waals surface area (Å²) in [5, 5.41) is 13.3. The van der Waals surface area contributed by atoms with E-state index in [1.165, 1.54) is 0 Å². The first-order valence-corrected chi connectivity index (χ1v) is 7.31. The molecule has 0 bridgehead atoms. The molecular weight excluding hydrogens is 244 g/mol. The molecule has 5 nitrogen and oxygen atoms in total. The van der Waals surface area contributed by atoms with Gasteiger partial charge in [0, 0.05) is 19.6 Å². The summed E-state index contributed by atoms with van der Waals surface area (Å²) in [5.41, 5.74) is -0.778. The second-order valence-corrected chi connectivity index (χ2v) is 5.56. The lowest BCUT2D eigenvalue weighted by Crippen LogP contribution is -2.51. The van der Waals surface area contributed by atoms with Crippen LogP contribution in [0.4, 0.5) is 0 Å². The molecule has 0 aromatic heterocycles. The number of aliphatic hydroxyl groups is 1. The molecule has 0 aromatic rings. The molecule has 1 aliphatic heterocycles. The number of likely N-dealkylation sites (N-methyl/N-ethyl adjacent to an activating group) is 1. The van der Waals surface area contributed by atoms with E-state index in [1.54, 1.807) is 0 Å². The monoisotopic (exact) mass is 272 g/mol. The van der Waals surface area contributed by atoms with Crippen molar-refractivity contribution in [2.45, 2.75) is 51.2 Å². The Morgan fingerprint density at radius 3 is 2.58 bits per heavy atom. The maximum atomic E-state index is 12.0. The summed E-state index contributed by atoms with van der Waals surface area (Å²) in [7, 11) is 1.98. The van der Waals surface area contributed by atoms with Crippen LogP contribution in [-0.2, 0) is 9.53 Å². The number of hydrogen-bond donors (Lipinski definition) is 2. The Balaban J connectivity index is 2.42. The van der Waals surface area contributed by atoms with E-state index in [0.717, 1.165) is 19.4 Å². The molecule has 1 atom stereocenters. The van der Waals surface area contributed by atoms with E-state index in [4.69, 9.17) is 4.74 Å². The molecule has 1 aliphatic rings. The van der Waals surface area contributed by atoms with E-state index in [9.17, 15) is 9.90 Å². The van der Waals surface area contributed by atoms with Crippen molar-refractivity contribution in [3.05, 3.63) is 0 Å². The SMILES string of the molecule is CCCC(O)(CCC)CNC(=O)C1CN(C)CCO1. The molecule has 112 valence electrons. The minimum atomic E-state index is -0.778. The molecular formula is C14H28N2O3. The number of hydrogen-bond acceptors (Lipinski definition) is 4. The zero-order valence-corrected chi connectivity index (χ0v) is 12.4. The second-order valence-electron chi connectivity index (χ2n) is 5.56. The van der Waals surface area contributed by atoms with E-state index in [2.05, 4.69) is 10.2 Å². The number of ether oxygens (including phenoxy) is 1. The fourth-order valence-corrected chi connectivity index (χ4v) is 2.53. The molecule has 1 amide bonds. The van der Waals surface area contributed by atoms with Crippen LogP contribution in [0.15, 0.2) is 0 Å². The van der Waals surface area contributed by atoms with Gasteiger partial charge in [-0.25, -0.2) is 0 Å². The van der Waals surface area contributed by atoms with Gasteiger partial charge in [0.2, 0.25) is 0 Å². The van der Waals surface area contributed by atoms with Crippen LogP contribution in [0.2, 0.25) is 0 Å². The molecule has 0 radical (unpaired) electrons. The third-order valence-electron chi connectivity index (χ3n) is 3.58. The molecule has 0 spiro atoms. The van der Waals surface area contributed by atoms with Gasteiger partial charge in [-0.2, -0.15) is 0 Å². The quantitative estimate of drug-likeness (QED) is 0.718. The van der Waals surface area contributed by atoms with Crippen molar-refractivity contribution < 1.29 is 14.6 Å². The maximum Gasteiger partial charge on any atom is 0.250 e. The molecule has 19 heavy (non-hydrogen) atoms. The van der Waals surface area contributed by atoms with Crippen molar-refractivity contribution in [3.63, 3.8) is 0 Å². The molecule has 1 fully saturated rings. The summed E-state index contributed by atoms with van der Waals surface area (Å²) in [6.45, 7) is 6.47. The molecule has 1 rings (SSSR count). The number of carbonyl (C=O) groups is 1. The van der Waals surface area contributed by atoms with Gasteiger partial charge in [0.25, 0.3) is 5.91 Å². The van der Waals surface area contributed by atoms with Crippen molar-refractivity contribution in [1.29, 1.82) is 0 Å². The number of amides is 1. The number of morpholine rings is 1. The summed E-state index contributed by atoms with van der Waals surface area (Å²) < 4.78 is 5.46. The van der Waals surface area contributed by atoms with Gasteiger partial charge in [0.1, 0.15) is 6.10 Å². The van der Waals surface area contributed by atoms with Crippen LogP contribution in [0.5, 0.6) is 0 Å². The van der Waals surface area contributed by atoms with E-state index in [0.29, 0.717) is 32.5 Å². The van der Waals surface area contributed by atoms with Gasteiger partial charge < -0.3 is 20.1 Å². The lowest BCUT2D eigenvalue weighted by atomic mass is 9.92. The number of rotatable bonds is 7. The first-order valence-electron chi connectivity index (χ1n) is 7.31. The van der Waals surface area contributed by atoms with Crippen LogP contribution < -0.4 is 5.32 Å². The van der Waals surface area contributed by atoms with Crippen LogP contribution in [0.25, 0.3) is 0 Å². The lowest BCUT2D eigenvalue weighted by Gasteiger charge is -2.31. The van der Waals surface area contributed by atoms with Gasteiger partial charge in [-0.3, -0.25) is 4.79 Å².